The van der Waals surface area contributed by atoms with Crippen molar-refractivity contribution in [1.82, 2.24) is 15.6 Å². The molecule has 1 saturated carbocycles. The summed E-state index contributed by atoms with van der Waals surface area (Å²) in [6.07, 6.45) is 5.60. The normalized spacial score (nSPS) is 14.6. The van der Waals surface area contributed by atoms with Crippen molar-refractivity contribution < 1.29 is 4.79 Å². The molecule has 1 aromatic rings. The van der Waals surface area contributed by atoms with Gasteiger partial charge in [0.1, 0.15) is 0 Å². The number of aromatic nitrogens is 1. The summed E-state index contributed by atoms with van der Waals surface area (Å²) in [5, 5.41) is 6.27. The second kappa shape index (κ2) is 6.35. The van der Waals surface area contributed by atoms with Gasteiger partial charge in [0.15, 0.2) is 0 Å². The Morgan fingerprint density at radius 1 is 1.41 bits per heavy atom. The van der Waals surface area contributed by atoms with Gasteiger partial charge in [-0.1, -0.05) is 6.07 Å². The van der Waals surface area contributed by atoms with E-state index in [2.05, 4.69) is 15.6 Å². The van der Waals surface area contributed by atoms with Crippen molar-refractivity contribution in [3.8, 4) is 0 Å². The Bertz CT molecular complexity index is 349. The quantitative estimate of drug-likeness (QED) is 0.696. The van der Waals surface area contributed by atoms with Crippen LogP contribution in [0.4, 0.5) is 0 Å². The predicted octanol–water partition coefficient (Wildman–Crippen LogP) is 1.23. The molecule has 92 valence electrons. The summed E-state index contributed by atoms with van der Waals surface area (Å²) >= 11 is 0. The minimum Gasteiger partial charge on any atom is -0.353 e. The number of carbonyl (C=O) groups is 1. The number of hydrogen-bond acceptors (Lipinski definition) is 3. The van der Waals surface area contributed by atoms with Gasteiger partial charge < -0.3 is 10.6 Å². The summed E-state index contributed by atoms with van der Waals surface area (Å²) in [6.45, 7) is 1.62. The fourth-order valence-electron chi connectivity index (χ4n) is 1.62. The van der Waals surface area contributed by atoms with Crippen LogP contribution in [0, 0.1) is 0 Å². The summed E-state index contributed by atoms with van der Waals surface area (Å²) < 4.78 is 0. The first kappa shape index (κ1) is 12.0. The molecule has 1 fully saturated rings. The van der Waals surface area contributed by atoms with Gasteiger partial charge >= 0.3 is 0 Å². The maximum absolute atomic E-state index is 11.4. The maximum atomic E-state index is 11.4. The van der Waals surface area contributed by atoms with Gasteiger partial charge in [-0.2, -0.15) is 0 Å². The average Bonchev–Trinajstić information content (AvgIpc) is 3.14. The van der Waals surface area contributed by atoms with Gasteiger partial charge in [0.25, 0.3) is 0 Å². The number of nitrogens with one attached hydrogen (secondary N) is 2. The molecular formula is C13H19N3O. The minimum absolute atomic E-state index is 0.187. The zero-order valence-electron chi connectivity index (χ0n) is 9.98. The van der Waals surface area contributed by atoms with E-state index in [1.807, 2.05) is 18.2 Å². The largest absolute Gasteiger partial charge is 0.353 e. The van der Waals surface area contributed by atoms with Crippen LogP contribution in [-0.4, -0.2) is 23.5 Å². The second-order valence-corrected chi connectivity index (χ2v) is 4.44. The molecule has 0 aromatic carbocycles. The highest BCUT2D eigenvalue weighted by Crippen LogP contribution is 2.18. The molecule has 1 heterocycles. The Kier molecular flexibility index (Phi) is 4.50. The molecule has 0 aliphatic heterocycles. The van der Waals surface area contributed by atoms with Gasteiger partial charge in [0.05, 0.1) is 5.69 Å². The summed E-state index contributed by atoms with van der Waals surface area (Å²) in [4.78, 5) is 15.6. The van der Waals surface area contributed by atoms with E-state index in [1.54, 1.807) is 6.20 Å². The van der Waals surface area contributed by atoms with E-state index < -0.39 is 0 Å². The van der Waals surface area contributed by atoms with Crippen molar-refractivity contribution in [2.24, 2.45) is 0 Å². The average molecular weight is 233 g/mol. The summed E-state index contributed by atoms with van der Waals surface area (Å²) in [6, 6.07) is 6.36. The van der Waals surface area contributed by atoms with Gasteiger partial charge in [-0.05, 0) is 37.9 Å². The number of amides is 1. The number of hydrogen-bond donors (Lipinski definition) is 2. The lowest BCUT2D eigenvalue weighted by molar-refractivity contribution is -0.121. The molecule has 1 amide bonds. The Morgan fingerprint density at radius 2 is 2.29 bits per heavy atom. The highest BCUT2D eigenvalue weighted by molar-refractivity contribution is 5.76. The highest BCUT2D eigenvalue weighted by atomic mass is 16.1. The molecule has 4 nitrogen and oxygen atoms in total. The van der Waals surface area contributed by atoms with Crippen LogP contribution in [0.1, 0.15) is 31.4 Å². The molecule has 0 atom stereocenters. The molecular weight excluding hydrogens is 214 g/mol. The smallest absolute Gasteiger partial charge is 0.220 e. The van der Waals surface area contributed by atoms with Crippen molar-refractivity contribution in [3.05, 3.63) is 30.1 Å². The van der Waals surface area contributed by atoms with E-state index in [0.717, 1.165) is 38.0 Å². The van der Waals surface area contributed by atoms with Crippen molar-refractivity contribution in [2.45, 2.75) is 38.3 Å². The van der Waals surface area contributed by atoms with E-state index in [1.165, 1.54) is 0 Å². The number of rotatable bonds is 7. The number of carbonyl (C=O) groups excluding carboxylic acids is 1. The van der Waals surface area contributed by atoms with Gasteiger partial charge in [-0.25, -0.2) is 0 Å². The first-order valence-electron chi connectivity index (χ1n) is 6.24. The summed E-state index contributed by atoms with van der Waals surface area (Å²) in [5.41, 5.74) is 1.04. The Morgan fingerprint density at radius 3 is 3.00 bits per heavy atom. The van der Waals surface area contributed by atoms with Crippen LogP contribution in [0.15, 0.2) is 24.4 Å². The van der Waals surface area contributed by atoms with Crippen LogP contribution in [0.3, 0.4) is 0 Å². The first-order chi connectivity index (χ1) is 8.34. The van der Waals surface area contributed by atoms with Crippen LogP contribution < -0.4 is 10.6 Å². The van der Waals surface area contributed by atoms with Gasteiger partial charge in [0, 0.05) is 25.2 Å². The van der Waals surface area contributed by atoms with E-state index in [-0.39, 0.29) is 5.91 Å². The number of pyridine rings is 1. The van der Waals surface area contributed by atoms with Crippen molar-refractivity contribution in [3.63, 3.8) is 0 Å². The molecule has 0 spiro atoms. The highest BCUT2D eigenvalue weighted by Gasteiger charge is 2.22. The fraction of sp³-hybridized carbons (Fsp3) is 0.538. The molecule has 1 aliphatic rings. The van der Waals surface area contributed by atoms with Crippen LogP contribution >= 0.6 is 0 Å². The number of nitrogens with zero attached hydrogens (tertiary/aromatic N) is 1. The Labute approximate surface area is 102 Å². The van der Waals surface area contributed by atoms with Crippen molar-refractivity contribution >= 4 is 5.91 Å². The minimum atomic E-state index is 0.187. The third-order valence-corrected chi connectivity index (χ3v) is 2.73. The second-order valence-electron chi connectivity index (χ2n) is 4.44. The third kappa shape index (κ3) is 4.95. The lowest BCUT2D eigenvalue weighted by Crippen LogP contribution is -2.26. The van der Waals surface area contributed by atoms with Crippen LogP contribution in [0.2, 0.25) is 0 Å². The maximum Gasteiger partial charge on any atom is 0.220 e. The van der Waals surface area contributed by atoms with E-state index in [9.17, 15) is 4.79 Å². The molecule has 2 N–H and O–H groups in total. The standard InChI is InChI=1S/C13H19N3O/c17-13(16-11-6-7-11)5-3-8-14-10-12-4-1-2-9-15-12/h1-2,4,9,11,14H,3,5-8,10H2,(H,16,17). The van der Waals surface area contributed by atoms with Gasteiger partial charge in [0.2, 0.25) is 5.91 Å². The molecule has 1 aromatic heterocycles. The third-order valence-electron chi connectivity index (χ3n) is 2.73. The topological polar surface area (TPSA) is 54.0 Å². The van der Waals surface area contributed by atoms with Gasteiger partial charge in [-0.3, -0.25) is 9.78 Å². The van der Waals surface area contributed by atoms with Crippen LogP contribution in [-0.2, 0) is 11.3 Å². The van der Waals surface area contributed by atoms with Crippen molar-refractivity contribution in [2.75, 3.05) is 6.54 Å². The lowest BCUT2D eigenvalue weighted by Gasteiger charge is -2.05. The monoisotopic (exact) mass is 233 g/mol. The molecule has 1 aliphatic carbocycles. The van der Waals surface area contributed by atoms with Crippen LogP contribution in [0.25, 0.3) is 0 Å². The molecule has 17 heavy (non-hydrogen) atoms. The molecule has 4 heteroatoms. The Balaban J connectivity index is 1.50. The first-order valence-corrected chi connectivity index (χ1v) is 6.24. The molecule has 2 rings (SSSR count). The Hall–Kier alpha value is -1.42. The molecule has 0 radical (unpaired) electrons. The molecule has 0 bridgehead atoms. The molecule has 0 saturated heterocycles. The predicted molar refractivity (Wildman–Crippen MR) is 66.3 cm³/mol. The lowest BCUT2D eigenvalue weighted by atomic mass is 10.3. The SMILES string of the molecule is O=C(CCCNCc1ccccn1)NC1CC1. The zero-order chi connectivity index (χ0) is 11.9. The van der Waals surface area contributed by atoms with E-state index in [0.29, 0.717) is 12.5 Å². The van der Waals surface area contributed by atoms with E-state index >= 15 is 0 Å². The summed E-state index contributed by atoms with van der Waals surface area (Å²) in [7, 11) is 0. The summed E-state index contributed by atoms with van der Waals surface area (Å²) in [5.74, 6) is 0.187. The molecule has 0 unspecified atom stereocenters. The van der Waals surface area contributed by atoms with Gasteiger partial charge in [-0.15, -0.1) is 0 Å². The van der Waals surface area contributed by atoms with Crippen LogP contribution in [0.5, 0.6) is 0 Å². The fourth-order valence-corrected chi connectivity index (χ4v) is 1.62. The van der Waals surface area contributed by atoms with E-state index in [4.69, 9.17) is 0 Å². The van der Waals surface area contributed by atoms with Crippen molar-refractivity contribution in [1.29, 1.82) is 0 Å². The zero-order valence-corrected chi connectivity index (χ0v) is 9.98.